The van der Waals surface area contributed by atoms with Crippen molar-refractivity contribution in [3.05, 3.63) is 5.21 Å². The molecule has 1 saturated heterocycles. The molecular weight excluding hydrogens is 232 g/mol. The molecule has 16 heavy (non-hydrogen) atoms. The number of hydrogen-bond donors (Lipinski definition) is 1. The first-order valence-corrected chi connectivity index (χ1v) is 7.18. The van der Waals surface area contributed by atoms with Crippen LogP contribution in [0.25, 0.3) is 0 Å². The highest BCUT2D eigenvalue weighted by Crippen LogP contribution is 2.36. The van der Waals surface area contributed by atoms with Crippen LogP contribution in [0, 0.1) is 5.21 Å². The number of hydroxylamine groups is 3. The molecular formula is C9H18N2O4S. The Labute approximate surface area is 95.5 Å². The third-order valence-corrected chi connectivity index (χ3v) is 5.47. The number of quaternary nitrogens is 1. The molecule has 6 nitrogen and oxygen atoms in total. The number of carbonyl (C=O) groups excluding carboxylic acids is 1. The molecule has 1 fully saturated rings. The highest BCUT2D eigenvalue weighted by atomic mass is 32.2. The van der Waals surface area contributed by atoms with Gasteiger partial charge in [0.25, 0.3) is 10.8 Å². The van der Waals surface area contributed by atoms with Crippen LogP contribution < -0.4 is 5.73 Å². The van der Waals surface area contributed by atoms with Gasteiger partial charge in [-0.2, -0.15) is 0 Å². The smallest absolute Gasteiger partial charge is 0.295 e. The molecule has 0 aromatic carbocycles. The van der Waals surface area contributed by atoms with Crippen molar-refractivity contribution in [2.45, 2.75) is 31.1 Å². The summed E-state index contributed by atoms with van der Waals surface area (Å²) in [6.45, 7) is 1.80. The molecule has 0 bridgehead atoms. The molecule has 1 unspecified atom stereocenters. The molecule has 0 aliphatic carbocycles. The van der Waals surface area contributed by atoms with Crippen molar-refractivity contribution in [1.82, 2.24) is 0 Å². The maximum absolute atomic E-state index is 12.5. The maximum Gasteiger partial charge on any atom is 0.295 e. The summed E-state index contributed by atoms with van der Waals surface area (Å²) in [5, 5.41) is 12.5. The molecule has 0 spiro atoms. The summed E-state index contributed by atoms with van der Waals surface area (Å²) >= 11 is 0. The van der Waals surface area contributed by atoms with Crippen LogP contribution in [0.5, 0.6) is 0 Å². The Morgan fingerprint density at radius 2 is 1.88 bits per heavy atom. The molecule has 1 atom stereocenters. The van der Waals surface area contributed by atoms with E-state index in [1.54, 1.807) is 0 Å². The lowest BCUT2D eigenvalue weighted by Crippen LogP contribution is -2.69. The van der Waals surface area contributed by atoms with E-state index in [0.717, 1.165) is 6.26 Å². The van der Waals surface area contributed by atoms with Crippen LogP contribution >= 0.6 is 0 Å². The van der Waals surface area contributed by atoms with Crippen molar-refractivity contribution < 1.29 is 17.9 Å². The normalized spacial score (nSPS) is 23.9. The third kappa shape index (κ3) is 1.63. The minimum Gasteiger partial charge on any atom is -0.631 e. The lowest BCUT2D eigenvalue weighted by atomic mass is 10.1. The Hall–Kier alpha value is -0.660. The predicted octanol–water partition coefficient (Wildman–Crippen LogP) is -0.269. The number of amides is 1. The van der Waals surface area contributed by atoms with Crippen molar-refractivity contribution >= 4 is 15.7 Å². The van der Waals surface area contributed by atoms with Crippen LogP contribution in [0.1, 0.15) is 26.2 Å². The Kier molecular flexibility index (Phi) is 3.33. The van der Waals surface area contributed by atoms with Crippen molar-refractivity contribution in [2.24, 2.45) is 5.73 Å². The zero-order valence-electron chi connectivity index (χ0n) is 9.60. The largest absolute Gasteiger partial charge is 0.631 e. The number of hydrogen-bond acceptors (Lipinski definition) is 4. The zero-order valence-corrected chi connectivity index (χ0v) is 10.4. The van der Waals surface area contributed by atoms with E-state index in [-0.39, 0.29) is 19.5 Å². The van der Waals surface area contributed by atoms with Crippen LogP contribution in [0.2, 0.25) is 0 Å². The summed E-state index contributed by atoms with van der Waals surface area (Å²) in [4.78, 5) is 9.51. The minimum absolute atomic E-state index is 0.0787. The van der Waals surface area contributed by atoms with E-state index in [2.05, 4.69) is 0 Å². The number of likely N-dealkylation sites (tertiary alicyclic amines) is 1. The van der Waals surface area contributed by atoms with E-state index in [4.69, 9.17) is 5.73 Å². The van der Waals surface area contributed by atoms with Crippen LogP contribution in [0.3, 0.4) is 0 Å². The van der Waals surface area contributed by atoms with E-state index in [1.807, 2.05) is 0 Å². The Morgan fingerprint density at radius 1 is 1.44 bits per heavy atom. The average molecular weight is 250 g/mol. The van der Waals surface area contributed by atoms with Gasteiger partial charge < -0.3 is 15.6 Å². The second kappa shape index (κ2) is 3.97. The quantitative estimate of drug-likeness (QED) is 0.548. The number of nitrogens with two attached hydrogens (primary N) is 1. The lowest BCUT2D eigenvalue weighted by Gasteiger charge is -2.50. The van der Waals surface area contributed by atoms with Gasteiger partial charge in [-0.1, -0.05) is 6.92 Å². The Morgan fingerprint density at radius 3 is 2.12 bits per heavy atom. The van der Waals surface area contributed by atoms with E-state index in [0.29, 0.717) is 12.8 Å². The fraction of sp³-hybridized carbons (Fsp3) is 0.889. The second-order valence-corrected chi connectivity index (χ2v) is 6.54. The molecule has 2 N–H and O–H groups in total. The molecule has 1 rings (SSSR count). The summed E-state index contributed by atoms with van der Waals surface area (Å²) in [5.41, 5.74) is 5.20. The first-order valence-electron chi connectivity index (χ1n) is 5.29. The van der Waals surface area contributed by atoms with Gasteiger partial charge in [0.2, 0.25) is 9.84 Å². The SMILES string of the molecule is CCC(C(N)=O)([N+]1([O-])CCCC1)S(C)(=O)=O. The van der Waals surface area contributed by atoms with Gasteiger partial charge >= 0.3 is 0 Å². The highest BCUT2D eigenvalue weighted by Gasteiger charge is 2.59. The Bertz CT molecular complexity index is 386. The molecule has 1 aliphatic rings. The molecule has 94 valence electrons. The molecule has 0 aromatic rings. The summed E-state index contributed by atoms with van der Waals surface area (Å²) < 4.78 is 22.6. The predicted molar refractivity (Wildman–Crippen MR) is 59.7 cm³/mol. The van der Waals surface area contributed by atoms with Gasteiger partial charge in [0.05, 0.1) is 13.1 Å². The third-order valence-electron chi connectivity index (χ3n) is 3.42. The van der Waals surface area contributed by atoms with Gasteiger partial charge in [-0.25, -0.2) is 8.42 Å². The highest BCUT2D eigenvalue weighted by molar-refractivity contribution is 7.92. The topological polar surface area (TPSA) is 100 Å². The van der Waals surface area contributed by atoms with Gasteiger partial charge in [0, 0.05) is 25.5 Å². The standard InChI is InChI=1S/C9H18N2O4S/c1-3-9(8(10)12,16(2,14)15)11(13)6-4-5-7-11/h3-7H2,1-2H3,(H2,10,12). The summed E-state index contributed by atoms with van der Waals surface area (Å²) in [6, 6.07) is 0. The summed E-state index contributed by atoms with van der Waals surface area (Å²) in [5.74, 6) is -1.03. The number of primary amides is 1. The molecule has 0 aromatic heterocycles. The van der Waals surface area contributed by atoms with E-state index in [1.165, 1.54) is 6.92 Å². The van der Waals surface area contributed by atoms with Crippen LogP contribution in [-0.4, -0.2) is 43.2 Å². The fourth-order valence-electron chi connectivity index (χ4n) is 2.62. The minimum atomic E-state index is -3.83. The van der Waals surface area contributed by atoms with Crippen LogP contribution in [-0.2, 0) is 14.6 Å². The first kappa shape index (κ1) is 13.4. The fourth-order valence-corrected chi connectivity index (χ4v) is 4.29. The van der Waals surface area contributed by atoms with Gasteiger partial charge in [0.15, 0.2) is 0 Å². The van der Waals surface area contributed by atoms with E-state index in [9.17, 15) is 18.4 Å². The number of rotatable bonds is 4. The molecule has 0 radical (unpaired) electrons. The van der Waals surface area contributed by atoms with Gasteiger partial charge in [-0.15, -0.1) is 0 Å². The lowest BCUT2D eigenvalue weighted by molar-refractivity contribution is -0.895. The number of carbonyl (C=O) groups is 1. The number of sulfone groups is 1. The van der Waals surface area contributed by atoms with Gasteiger partial charge in [-0.05, 0) is 0 Å². The van der Waals surface area contributed by atoms with E-state index >= 15 is 0 Å². The average Bonchev–Trinajstić information content (AvgIpc) is 2.51. The van der Waals surface area contributed by atoms with Gasteiger partial charge in [0.1, 0.15) is 0 Å². The van der Waals surface area contributed by atoms with Crippen molar-refractivity contribution in [2.75, 3.05) is 19.3 Å². The molecule has 1 heterocycles. The van der Waals surface area contributed by atoms with Crippen molar-refractivity contribution in [3.63, 3.8) is 0 Å². The second-order valence-electron chi connectivity index (χ2n) is 4.32. The molecule has 1 amide bonds. The van der Waals surface area contributed by atoms with Crippen LogP contribution in [0.4, 0.5) is 0 Å². The van der Waals surface area contributed by atoms with Gasteiger partial charge in [-0.3, -0.25) is 4.79 Å². The summed E-state index contributed by atoms with van der Waals surface area (Å²) in [6.07, 6.45) is 2.10. The van der Waals surface area contributed by atoms with Crippen molar-refractivity contribution in [1.29, 1.82) is 0 Å². The number of nitrogens with zero attached hydrogens (tertiary/aromatic N) is 1. The Balaban J connectivity index is 3.40. The maximum atomic E-state index is 12.5. The van der Waals surface area contributed by atoms with Crippen molar-refractivity contribution in [3.8, 4) is 0 Å². The zero-order chi connectivity index (χ0) is 12.6. The molecule has 7 heteroatoms. The monoisotopic (exact) mass is 250 g/mol. The van der Waals surface area contributed by atoms with Crippen LogP contribution in [0.15, 0.2) is 0 Å². The molecule has 0 saturated carbocycles. The first-order chi connectivity index (χ1) is 7.21. The summed E-state index contributed by atoms with van der Waals surface area (Å²) in [7, 11) is -3.83. The molecule has 1 aliphatic heterocycles. The van der Waals surface area contributed by atoms with E-state index < -0.39 is 25.3 Å².